The second-order valence-electron chi connectivity index (χ2n) is 6.48. The Labute approximate surface area is 144 Å². The molecule has 1 aliphatic rings. The van der Waals surface area contributed by atoms with Crippen molar-refractivity contribution in [3.63, 3.8) is 0 Å². The van der Waals surface area contributed by atoms with Gasteiger partial charge in [0.1, 0.15) is 11.2 Å². The van der Waals surface area contributed by atoms with Crippen LogP contribution < -0.4 is 10.1 Å². The molecule has 0 atom stereocenters. The molecule has 0 heterocycles. The lowest BCUT2D eigenvalue weighted by Crippen LogP contribution is -2.44. The number of para-hydroxylation sites is 1. The van der Waals surface area contributed by atoms with Gasteiger partial charge >= 0.3 is 0 Å². The number of rotatable bonds is 9. The van der Waals surface area contributed by atoms with Crippen LogP contribution in [0.15, 0.2) is 24.3 Å². The average Bonchev–Trinajstić information content (AvgIpc) is 3.41. The summed E-state index contributed by atoms with van der Waals surface area (Å²) in [5, 5.41) is 2.94. The number of ether oxygens (including phenoxy) is 1. The lowest BCUT2D eigenvalue weighted by Gasteiger charge is -2.23. The third-order valence-corrected chi connectivity index (χ3v) is 4.66. The van der Waals surface area contributed by atoms with E-state index in [1.807, 2.05) is 24.3 Å². The number of nitrogens with zero attached hydrogens (tertiary/aromatic N) is 1. The van der Waals surface area contributed by atoms with Crippen molar-refractivity contribution in [2.24, 2.45) is 5.41 Å². The Hall–Kier alpha value is -2.04. The van der Waals surface area contributed by atoms with Gasteiger partial charge in [0.15, 0.2) is 0 Å². The Morgan fingerprint density at radius 3 is 2.62 bits per heavy atom. The molecular formula is C19H28N2O3. The zero-order valence-electron chi connectivity index (χ0n) is 14.9. The fraction of sp³-hybridized carbons (Fsp3) is 0.579. The molecule has 1 fully saturated rings. The molecule has 132 valence electrons. The van der Waals surface area contributed by atoms with Gasteiger partial charge in [-0.15, -0.1) is 0 Å². The van der Waals surface area contributed by atoms with Crippen molar-refractivity contribution in [3.8, 4) is 5.75 Å². The normalized spacial score (nSPS) is 14.8. The lowest BCUT2D eigenvalue weighted by molar-refractivity contribution is -0.143. The number of unbranched alkanes of at least 4 members (excludes halogenated alkanes) is 1. The molecule has 0 bridgehead atoms. The van der Waals surface area contributed by atoms with Crippen molar-refractivity contribution in [2.45, 2.75) is 39.0 Å². The van der Waals surface area contributed by atoms with Crippen LogP contribution in [0.2, 0.25) is 0 Å². The van der Waals surface area contributed by atoms with Gasteiger partial charge in [-0.05, 0) is 37.3 Å². The largest absolute Gasteiger partial charge is 0.496 e. The van der Waals surface area contributed by atoms with Gasteiger partial charge in [-0.2, -0.15) is 0 Å². The monoisotopic (exact) mass is 332 g/mol. The maximum atomic E-state index is 12.6. The standard InChI is InChI=1S/C19H28N2O3/c1-4-5-14-21(2)18(23)19(11-12-19)17(22)20-13-10-15-8-6-7-9-16(15)24-3/h6-9H,4-5,10-14H2,1-3H3,(H,20,22). The van der Waals surface area contributed by atoms with Gasteiger partial charge in [0, 0.05) is 20.1 Å². The van der Waals surface area contributed by atoms with Gasteiger partial charge in [0.05, 0.1) is 7.11 Å². The Morgan fingerprint density at radius 1 is 1.29 bits per heavy atom. The van der Waals surface area contributed by atoms with Crippen molar-refractivity contribution < 1.29 is 14.3 Å². The van der Waals surface area contributed by atoms with E-state index in [4.69, 9.17) is 4.74 Å². The summed E-state index contributed by atoms with van der Waals surface area (Å²) in [5.41, 5.74) is 0.236. The van der Waals surface area contributed by atoms with Crippen LogP contribution in [0.4, 0.5) is 0 Å². The second kappa shape index (κ2) is 8.18. The van der Waals surface area contributed by atoms with Crippen LogP contribution >= 0.6 is 0 Å². The Kier molecular flexibility index (Phi) is 6.23. The van der Waals surface area contributed by atoms with Crippen LogP contribution in [0.3, 0.4) is 0 Å². The van der Waals surface area contributed by atoms with E-state index in [2.05, 4.69) is 12.2 Å². The fourth-order valence-corrected chi connectivity index (χ4v) is 2.91. The molecule has 5 nitrogen and oxygen atoms in total. The van der Waals surface area contributed by atoms with Crippen LogP contribution in [0, 0.1) is 5.41 Å². The minimum Gasteiger partial charge on any atom is -0.496 e. The summed E-state index contributed by atoms with van der Waals surface area (Å²) in [6, 6.07) is 7.77. The highest BCUT2D eigenvalue weighted by molar-refractivity contribution is 6.07. The molecule has 1 saturated carbocycles. The molecule has 0 spiro atoms. The third-order valence-electron chi connectivity index (χ3n) is 4.66. The van der Waals surface area contributed by atoms with Crippen LogP contribution in [-0.4, -0.2) is 44.0 Å². The lowest BCUT2D eigenvalue weighted by atomic mass is 10.0. The van der Waals surface area contributed by atoms with E-state index in [-0.39, 0.29) is 11.8 Å². The van der Waals surface area contributed by atoms with Crippen molar-refractivity contribution in [3.05, 3.63) is 29.8 Å². The molecule has 2 amide bonds. The minimum atomic E-state index is -0.816. The highest BCUT2D eigenvalue weighted by atomic mass is 16.5. The molecule has 0 unspecified atom stereocenters. The van der Waals surface area contributed by atoms with Crippen molar-refractivity contribution in [1.82, 2.24) is 10.2 Å². The smallest absolute Gasteiger partial charge is 0.238 e. The van der Waals surface area contributed by atoms with Gasteiger partial charge in [0.25, 0.3) is 0 Å². The first kappa shape index (κ1) is 18.3. The molecule has 1 N–H and O–H groups in total. The summed E-state index contributed by atoms with van der Waals surface area (Å²) in [6.07, 6.45) is 4.00. The Morgan fingerprint density at radius 2 is 2.00 bits per heavy atom. The van der Waals surface area contributed by atoms with E-state index < -0.39 is 5.41 Å². The zero-order valence-corrected chi connectivity index (χ0v) is 14.9. The molecule has 24 heavy (non-hydrogen) atoms. The highest BCUT2D eigenvalue weighted by Crippen LogP contribution is 2.47. The molecule has 2 rings (SSSR count). The third kappa shape index (κ3) is 4.08. The van der Waals surface area contributed by atoms with Crippen molar-refractivity contribution in [2.75, 3.05) is 27.2 Å². The van der Waals surface area contributed by atoms with E-state index >= 15 is 0 Å². The van der Waals surface area contributed by atoms with E-state index in [0.717, 1.165) is 24.2 Å². The SMILES string of the molecule is CCCCN(C)C(=O)C1(C(=O)NCCc2ccccc2OC)CC1. The maximum Gasteiger partial charge on any atom is 0.238 e. The first-order valence-corrected chi connectivity index (χ1v) is 8.71. The van der Waals surface area contributed by atoms with E-state index in [1.54, 1.807) is 19.1 Å². The van der Waals surface area contributed by atoms with E-state index in [1.165, 1.54) is 0 Å². The molecule has 0 saturated heterocycles. The number of amides is 2. The number of carbonyl (C=O) groups excluding carboxylic acids is 2. The zero-order chi connectivity index (χ0) is 17.6. The molecule has 0 radical (unpaired) electrons. The Bertz CT molecular complexity index is 582. The number of hydrogen-bond donors (Lipinski definition) is 1. The topological polar surface area (TPSA) is 58.6 Å². The van der Waals surface area contributed by atoms with Crippen LogP contribution in [0.25, 0.3) is 0 Å². The number of benzene rings is 1. The van der Waals surface area contributed by atoms with Gasteiger partial charge < -0.3 is 15.0 Å². The first-order valence-electron chi connectivity index (χ1n) is 8.71. The minimum absolute atomic E-state index is 0.0364. The molecule has 1 aromatic rings. The summed E-state index contributed by atoms with van der Waals surface area (Å²) >= 11 is 0. The molecule has 1 aliphatic carbocycles. The molecular weight excluding hydrogens is 304 g/mol. The van der Waals surface area contributed by atoms with Gasteiger partial charge in [-0.25, -0.2) is 0 Å². The number of carbonyl (C=O) groups is 2. The number of methoxy groups -OCH3 is 1. The predicted molar refractivity (Wildman–Crippen MR) is 93.9 cm³/mol. The summed E-state index contributed by atoms with van der Waals surface area (Å²) < 4.78 is 5.32. The quantitative estimate of drug-likeness (QED) is 0.707. The van der Waals surface area contributed by atoms with Crippen molar-refractivity contribution >= 4 is 11.8 Å². The van der Waals surface area contributed by atoms with Gasteiger partial charge in [0.2, 0.25) is 11.8 Å². The summed E-state index contributed by atoms with van der Waals surface area (Å²) in [5.74, 6) is 0.653. The summed E-state index contributed by atoms with van der Waals surface area (Å²) in [4.78, 5) is 26.8. The second-order valence-corrected chi connectivity index (χ2v) is 6.48. The van der Waals surface area contributed by atoms with E-state index in [9.17, 15) is 9.59 Å². The summed E-state index contributed by atoms with van der Waals surface area (Å²) in [6.45, 7) is 3.31. The average molecular weight is 332 g/mol. The van der Waals surface area contributed by atoms with Crippen LogP contribution in [-0.2, 0) is 16.0 Å². The van der Waals surface area contributed by atoms with Gasteiger partial charge in [-0.3, -0.25) is 9.59 Å². The number of hydrogen-bond acceptors (Lipinski definition) is 3. The molecule has 0 aliphatic heterocycles. The molecule has 0 aromatic heterocycles. The van der Waals surface area contributed by atoms with Crippen LogP contribution in [0.1, 0.15) is 38.2 Å². The van der Waals surface area contributed by atoms with E-state index in [0.29, 0.717) is 32.4 Å². The molecule has 5 heteroatoms. The first-order chi connectivity index (χ1) is 11.5. The fourth-order valence-electron chi connectivity index (χ4n) is 2.91. The van der Waals surface area contributed by atoms with Crippen molar-refractivity contribution in [1.29, 1.82) is 0 Å². The molecule has 1 aromatic carbocycles. The highest BCUT2D eigenvalue weighted by Gasteiger charge is 2.57. The maximum absolute atomic E-state index is 12.6. The van der Waals surface area contributed by atoms with Crippen LogP contribution in [0.5, 0.6) is 5.75 Å². The van der Waals surface area contributed by atoms with Gasteiger partial charge in [-0.1, -0.05) is 31.5 Å². The predicted octanol–water partition coefficient (Wildman–Crippen LogP) is 2.39. The number of nitrogens with one attached hydrogen (secondary N) is 1. The summed E-state index contributed by atoms with van der Waals surface area (Å²) in [7, 11) is 3.43. The Balaban J connectivity index is 1.87.